The van der Waals surface area contributed by atoms with Gasteiger partial charge in [0, 0.05) is 32.2 Å². The maximum Gasteiger partial charge on any atom is 0.296 e. The molecule has 0 spiro atoms. The lowest BCUT2D eigenvalue weighted by Crippen LogP contribution is -2.42. The number of hydrogen-bond donors (Lipinski definition) is 1. The summed E-state index contributed by atoms with van der Waals surface area (Å²) in [5, 5.41) is 3.31. The number of aromatic nitrogens is 5. The van der Waals surface area contributed by atoms with Crippen molar-refractivity contribution >= 4 is 22.9 Å². The number of methoxy groups -OCH3 is 1. The van der Waals surface area contributed by atoms with E-state index in [9.17, 15) is 8.78 Å². The zero-order valence-corrected chi connectivity index (χ0v) is 19.2. The lowest BCUT2D eigenvalue weighted by molar-refractivity contribution is 0.122. The Bertz CT molecular complexity index is 1140. The fourth-order valence-corrected chi connectivity index (χ4v) is 4.47. The van der Waals surface area contributed by atoms with Gasteiger partial charge in [-0.1, -0.05) is 6.07 Å². The highest BCUT2D eigenvalue weighted by atomic mass is 19.3. The van der Waals surface area contributed by atoms with Crippen molar-refractivity contribution in [2.24, 2.45) is 0 Å². The third-order valence-corrected chi connectivity index (χ3v) is 6.37. The molecule has 4 heterocycles. The van der Waals surface area contributed by atoms with Gasteiger partial charge in [-0.3, -0.25) is 4.57 Å². The van der Waals surface area contributed by atoms with Crippen molar-refractivity contribution in [1.29, 1.82) is 0 Å². The summed E-state index contributed by atoms with van der Waals surface area (Å²) in [5.41, 5.74) is 0.790. The molecule has 2 fully saturated rings. The number of nitrogens with zero attached hydrogens (tertiary/aromatic N) is 7. The first-order valence-corrected chi connectivity index (χ1v) is 11.4. The van der Waals surface area contributed by atoms with E-state index in [1.807, 2.05) is 11.9 Å². The Labute approximate surface area is 195 Å². The first-order chi connectivity index (χ1) is 16.6. The normalized spacial score (nSPS) is 17.7. The molecule has 0 amide bonds. The van der Waals surface area contributed by atoms with Crippen molar-refractivity contribution in [3.63, 3.8) is 0 Å². The average Bonchev–Trinajstić information content (AvgIpc) is 3.29. The van der Waals surface area contributed by atoms with Crippen molar-refractivity contribution in [2.75, 3.05) is 63.4 Å². The Kier molecular flexibility index (Phi) is 6.42. The second kappa shape index (κ2) is 9.63. The number of alkyl halides is 2. The first-order valence-electron chi connectivity index (χ1n) is 11.4. The topological polar surface area (TPSA) is 93.5 Å². The van der Waals surface area contributed by atoms with Gasteiger partial charge in [0.25, 0.3) is 6.43 Å². The Balaban J connectivity index is 1.65. The van der Waals surface area contributed by atoms with Gasteiger partial charge in [0.05, 0.1) is 25.8 Å². The number of piperidine rings is 1. The standard InChI is InChI=1S/C22H28F2N8O2/c1-25-14-6-8-30(9-7-14)20-27-21(31-10-12-34-13-11-31)29-22(28-20)32-15-4-3-5-16(33-2)17(15)26-19(32)18(23)24/h3-5,14,18,25H,6-13H2,1-2H3. The SMILES string of the molecule is CNC1CCN(c2nc(N3CCOCC3)nc(-n3c(C(F)F)nc4c(OC)cccc43)n2)CC1. The van der Waals surface area contributed by atoms with E-state index in [1.54, 1.807) is 18.2 Å². The summed E-state index contributed by atoms with van der Waals surface area (Å²) in [6.45, 7) is 3.86. The molecule has 2 aromatic heterocycles. The minimum atomic E-state index is -2.82. The van der Waals surface area contributed by atoms with Gasteiger partial charge in [0.15, 0.2) is 5.82 Å². The molecule has 182 valence electrons. The molecule has 3 aromatic rings. The number of fused-ring (bicyclic) bond motifs is 1. The molecular formula is C22H28F2N8O2. The predicted molar refractivity (Wildman–Crippen MR) is 123 cm³/mol. The number of anilines is 2. The second-order valence-electron chi connectivity index (χ2n) is 8.32. The van der Waals surface area contributed by atoms with Crippen LogP contribution < -0.4 is 19.9 Å². The number of halogens is 2. The van der Waals surface area contributed by atoms with Crippen molar-refractivity contribution in [2.45, 2.75) is 25.3 Å². The van der Waals surface area contributed by atoms with Crippen LogP contribution in [0.5, 0.6) is 5.75 Å². The monoisotopic (exact) mass is 474 g/mol. The fourth-order valence-electron chi connectivity index (χ4n) is 4.47. The van der Waals surface area contributed by atoms with Gasteiger partial charge in [0.1, 0.15) is 11.3 Å². The van der Waals surface area contributed by atoms with Crippen LogP contribution >= 0.6 is 0 Å². The van der Waals surface area contributed by atoms with Gasteiger partial charge in [0.2, 0.25) is 17.8 Å². The molecule has 0 unspecified atom stereocenters. The van der Waals surface area contributed by atoms with Crippen LogP contribution in [0.1, 0.15) is 25.1 Å². The average molecular weight is 475 g/mol. The molecule has 0 atom stereocenters. The van der Waals surface area contributed by atoms with Crippen LogP contribution in [0.2, 0.25) is 0 Å². The number of hydrogen-bond acceptors (Lipinski definition) is 9. The van der Waals surface area contributed by atoms with Crippen LogP contribution in [0.15, 0.2) is 18.2 Å². The molecule has 0 saturated carbocycles. The van der Waals surface area contributed by atoms with Crippen LogP contribution in [0.4, 0.5) is 20.7 Å². The van der Waals surface area contributed by atoms with E-state index >= 15 is 0 Å². The molecule has 5 rings (SSSR count). The number of imidazole rings is 1. The summed E-state index contributed by atoms with van der Waals surface area (Å²) in [6.07, 6.45) is -0.939. The smallest absolute Gasteiger partial charge is 0.296 e. The van der Waals surface area contributed by atoms with Crippen molar-refractivity contribution in [3.05, 3.63) is 24.0 Å². The van der Waals surface area contributed by atoms with Crippen LogP contribution in [-0.2, 0) is 4.74 Å². The molecule has 34 heavy (non-hydrogen) atoms. The second-order valence-corrected chi connectivity index (χ2v) is 8.32. The number of para-hydroxylation sites is 1. The minimum Gasteiger partial charge on any atom is -0.494 e. The van der Waals surface area contributed by atoms with Crippen LogP contribution in [-0.4, -0.2) is 84.1 Å². The van der Waals surface area contributed by atoms with Gasteiger partial charge in [-0.25, -0.2) is 13.8 Å². The Hall–Kier alpha value is -3.12. The zero-order chi connectivity index (χ0) is 23.7. The van der Waals surface area contributed by atoms with E-state index in [4.69, 9.17) is 14.5 Å². The third kappa shape index (κ3) is 4.23. The lowest BCUT2D eigenvalue weighted by atomic mass is 10.1. The summed E-state index contributed by atoms with van der Waals surface area (Å²) >= 11 is 0. The van der Waals surface area contributed by atoms with Crippen LogP contribution in [0, 0.1) is 0 Å². The van der Waals surface area contributed by atoms with Gasteiger partial charge in [-0.15, -0.1) is 0 Å². The van der Waals surface area contributed by atoms with E-state index in [-0.39, 0.29) is 5.95 Å². The molecule has 1 N–H and O–H groups in total. The molecule has 0 aliphatic carbocycles. The largest absolute Gasteiger partial charge is 0.494 e. The summed E-state index contributed by atoms with van der Waals surface area (Å²) in [7, 11) is 3.45. The molecule has 2 aliphatic rings. The van der Waals surface area contributed by atoms with Gasteiger partial charge < -0.3 is 24.6 Å². The number of nitrogens with one attached hydrogen (secondary N) is 1. The van der Waals surface area contributed by atoms with Crippen molar-refractivity contribution in [3.8, 4) is 11.7 Å². The summed E-state index contributed by atoms with van der Waals surface area (Å²) < 4.78 is 40.4. The van der Waals surface area contributed by atoms with E-state index in [0.29, 0.717) is 61.0 Å². The first kappa shape index (κ1) is 22.7. The lowest BCUT2D eigenvalue weighted by Gasteiger charge is -2.33. The quantitative estimate of drug-likeness (QED) is 0.577. The predicted octanol–water partition coefficient (Wildman–Crippen LogP) is 2.18. The third-order valence-electron chi connectivity index (χ3n) is 6.37. The Morgan fingerprint density at radius 2 is 1.62 bits per heavy atom. The van der Waals surface area contributed by atoms with Gasteiger partial charge in [-0.05, 0) is 32.0 Å². The molecule has 10 nitrogen and oxygen atoms in total. The summed E-state index contributed by atoms with van der Waals surface area (Å²) in [4.78, 5) is 22.3. The van der Waals surface area contributed by atoms with E-state index < -0.39 is 12.2 Å². The number of rotatable bonds is 6. The molecular weight excluding hydrogens is 446 g/mol. The van der Waals surface area contributed by atoms with Crippen LogP contribution in [0.25, 0.3) is 17.0 Å². The Morgan fingerprint density at radius 1 is 0.971 bits per heavy atom. The van der Waals surface area contributed by atoms with Crippen LogP contribution in [0.3, 0.4) is 0 Å². The molecule has 0 bridgehead atoms. The molecule has 2 aliphatic heterocycles. The number of benzene rings is 1. The molecule has 0 radical (unpaired) electrons. The van der Waals surface area contributed by atoms with E-state index in [1.165, 1.54) is 11.7 Å². The van der Waals surface area contributed by atoms with Crippen molar-refractivity contribution in [1.82, 2.24) is 29.8 Å². The Morgan fingerprint density at radius 3 is 2.24 bits per heavy atom. The van der Waals surface area contributed by atoms with Crippen molar-refractivity contribution < 1.29 is 18.3 Å². The maximum atomic E-state index is 14.1. The summed E-state index contributed by atoms with van der Waals surface area (Å²) in [6, 6.07) is 5.58. The summed E-state index contributed by atoms with van der Waals surface area (Å²) in [5.74, 6) is 1.02. The zero-order valence-electron chi connectivity index (χ0n) is 19.2. The molecule has 1 aromatic carbocycles. The number of morpholine rings is 1. The highest BCUT2D eigenvalue weighted by Crippen LogP contribution is 2.32. The van der Waals surface area contributed by atoms with Gasteiger partial charge in [-0.2, -0.15) is 15.0 Å². The molecule has 12 heteroatoms. The maximum absolute atomic E-state index is 14.1. The highest BCUT2D eigenvalue weighted by Gasteiger charge is 2.27. The van der Waals surface area contributed by atoms with E-state index in [0.717, 1.165) is 25.9 Å². The highest BCUT2D eigenvalue weighted by molar-refractivity contribution is 5.84. The van der Waals surface area contributed by atoms with Gasteiger partial charge >= 0.3 is 0 Å². The molecule has 2 saturated heterocycles. The fraction of sp³-hybridized carbons (Fsp3) is 0.545. The van der Waals surface area contributed by atoms with E-state index in [2.05, 4.69) is 25.2 Å². The number of ether oxygens (including phenoxy) is 2. The minimum absolute atomic E-state index is 0.119.